The lowest BCUT2D eigenvalue weighted by molar-refractivity contribution is -0.0403. The van der Waals surface area contributed by atoms with E-state index in [-0.39, 0.29) is 11.4 Å². The third-order valence-electron chi connectivity index (χ3n) is 1.89. The third kappa shape index (κ3) is 3.09. The normalized spacial score (nSPS) is 15.1. The van der Waals surface area contributed by atoms with Gasteiger partial charge in [0.05, 0.1) is 11.4 Å². The third-order valence-corrected chi connectivity index (χ3v) is 3.92. The number of hydrogen-bond donors (Lipinski definition) is 0. The Hall–Kier alpha value is -1.30. The first-order chi connectivity index (χ1) is 7.77. The summed E-state index contributed by atoms with van der Waals surface area (Å²) in [5.41, 5.74) is -4.46. The molecule has 0 amide bonds. The van der Waals surface area contributed by atoms with Crippen LogP contribution in [0.4, 0.5) is 13.2 Å². The highest BCUT2D eigenvalue weighted by Gasteiger charge is 2.44. The molecule has 0 N–H and O–H groups in total. The molecule has 1 atom stereocenters. The van der Waals surface area contributed by atoms with E-state index in [2.05, 4.69) is 10.9 Å². The molecule has 0 aromatic heterocycles. The Morgan fingerprint density at radius 1 is 1.35 bits per heavy atom. The van der Waals surface area contributed by atoms with Crippen LogP contribution in [0.1, 0.15) is 6.92 Å². The fourth-order valence-electron chi connectivity index (χ4n) is 1.09. The molecule has 0 aliphatic heterocycles. The van der Waals surface area contributed by atoms with Crippen LogP contribution >= 0.6 is 0 Å². The Morgan fingerprint density at radius 3 is 2.29 bits per heavy atom. The van der Waals surface area contributed by atoms with Crippen LogP contribution in [0.2, 0.25) is 0 Å². The van der Waals surface area contributed by atoms with E-state index in [0.29, 0.717) is 5.57 Å². The highest BCUT2D eigenvalue weighted by atomic mass is 32.2. The summed E-state index contributed by atoms with van der Waals surface area (Å²) in [6.07, 6.45) is 0. The molecule has 1 unspecified atom stereocenters. The van der Waals surface area contributed by atoms with Crippen LogP contribution < -0.4 is 0 Å². The number of halogens is 3. The van der Waals surface area contributed by atoms with E-state index in [1.54, 1.807) is 6.07 Å². The summed E-state index contributed by atoms with van der Waals surface area (Å²) in [7, 11) is -4.41. The van der Waals surface area contributed by atoms with Crippen LogP contribution in [-0.4, -0.2) is 16.3 Å². The van der Waals surface area contributed by atoms with Gasteiger partial charge in [-0.3, -0.25) is 0 Å². The van der Waals surface area contributed by atoms with Crippen LogP contribution in [0.3, 0.4) is 0 Å². The van der Waals surface area contributed by atoms with E-state index < -0.39 is 15.2 Å². The lowest BCUT2D eigenvalue weighted by Crippen LogP contribution is -2.23. The van der Waals surface area contributed by atoms with Crippen molar-refractivity contribution in [2.24, 2.45) is 4.36 Å². The molecule has 0 aliphatic carbocycles. The van der Waals surface area contributed by atoms with E-state index in [1.807, 2.05) is 0 Å². The van der Waals surface area contributed by atoms with E-state index >= 15 is 0 Å². The van der Waals surface area contributed by atoms with Gasteiger partial charge in [-0.1, -0.05) is 30.4 Å². The second-order valence-electron chi connectivity index (χ2n) is 3.53. The molecule has 6 heteroatoms. The number of hydrogen-bond acceptors (Lipinski definition) is 2. The van der Waals surface area contributed by atoms with Gasteiger partial charge in [0.1, 0.15) is 0 Å². The molecule has 0 fully saturated rings. The minimum Gasteiger partial charge on any atom is -0.236 e. The maximum Gasteiger partial charge on any atom is 0.483 e. The molecule has 0 heterocycles. The molecule has 2 nitrogen and oxygen atoms in total. The Morgan fingerprint density at radius 2 is 1.88 bits per heavy atom. The lowest BCUT2D eigenvalue weighted by atomic mass is 10.4. The van der Waals surface area contributed by atoms with Crippen molar-refractivity contribution in [1.82, 2.24) is 0 Å². The Bertz CT molecular complexity index is 513. The van der Waals surface area contributed by atoms with Gasteiger partial charge in [0.2, 0.25) is 0 Å². The first kappa shape index (κ1) is 13.8. The highest BCUT2D eigenvalue weighted by molar-refractivity contribution is 7.94. The average Bonchev–Trinajstić information content (AvgIpc) is 2.25. The summed E-state index contributed by atoms with van der Waals surface area (Å²) in [5, 5.41) is 0. The molecule has 0 bridgehead atoms. The minimum atomic E-state index is -4.89. The Labute approximate surface area is 98.3 Å². The Balaban J connectivity index is 3.37. The van der Waals surface area contributed by atoms with Gasteiger partial charge >= 0.3 is 5.51 Å². The van der Waals surface area contributed by atoms with Crippen molar-refractivity contribution in [3.63, 3.8) is 0 Å². The van der Waals surface area contributed by atoms with Crippen molar-refractivity contribution < 1.29 is 17.4 Å². The molecule has 0 aliphatic rings. The van der Waals surface area contributed by atoms with Gasteiger partial charge in [0, 0.05) is 0 Å². The monoisotopic (exact) mass is 263 g/mol. The molecule has 1 aromatic carbocycles. The van der Waals surface area contributed by atoms with Crippen LogP contribution in [0.15, 0.2) is 51.7 Å². The summed E-state index contributed by atoms with van der Waals surface area (Å²) in [4.78, 5) is -0.325. The first-order valence-corrected chi connectivity index (χ1v) is 6.27. The minimum absolute atomic E-state index is 0.271. The predicted octanol–water partition coefficient (Wildman–Crippen LogP) is 3.61. The molecule has 1 rings (SSSR count). The molecule has 0 radical (unpaired) electrons. The fraction of sp³-hybridized carbons (Fsp3) is 0.273. The summed E-state index contributed by atoms with van der Waals surface area (Å²) in [5.74, 6) is 0. The van der Waals surface area contributed by atoms with E-state index in [1.165, 1.54) is 19.1 Å². The fourth-order valence-corrected chi connectivity index (χ4v) is 2.58. The van der Waals surface area contributed by atoms with E-state index in [9.17, 15) is 17.4 Å². The van der Waals surface area contributed by atoms with Crippen molar-refractivity contribution in [1.29, 1.82) is 0 Å². The zero-order chi connectivity index (χ0) is 13.1. The summed E-state index contributed by atoms with van der Waals surface area (Å²) in [6.45, 7) is 4.71. The molecule has 1 aromatic rings. The molecule has 0 saturated carbocycles. The zero-order valence-corrected chi connectivity index (χ0v) is 10.0. The maximum atomic E-state index is 12.8. The van der Waals surface area contributed by atoms with Crippen molar-refractivity contribution >= 4 is 9.73 Å². The van der Waals surface area contributed by atoms with Crippen LogP contribution in [0.25, 0.3) is 0 Å². The van der Waals surface area contributed by atoms with Crippen molar-refractivity contribution in [3.05, 3.63) is 42.5 Å². The van der Waals surface area contributed by atoms with Gasteiger partial charge in [-0.25, -0.2) is 8.57 Å². The summed E-state index contributed by atoms with van der Waals surface area (Å²) >= 11 is 0. The SMILES string of the molecule is C=C(C)CN=S(=O)(c1ccccc1)C(F)(F)F. The average molecular weight is 263 g/mol. The molecular weight excluding hydrogens is 251 g/mol. The molecular formula is C11H12F3NOS. The van der Waals surface area contributed by atoms with Gasteiger partial charge in [0.15, 0.2) is 9.73 Å². The van der Waals surface area contributed by atoms with Gasteiger partial charge < -0.3 is 0 Å². The number of nitrogens with zero attached hydrogens (tertiary/aromatic N) is 1. The van der Waals surface area contributed by atoms with Gasteiger partial charge in [-0.15, -0.1) is 0 Å². The van der Waals surface area contributed by atoms with E-state index in [4.69, 9.17) is 0 Å². The summed E-state index contributed by atoms with van der Waals surface area (Å²) in [6, 6.07) is 6.68. The lowest BCUT2D eigenvalue weighted by Gasteiger charge is -2.13. The van der Waals surface area contributed by atoms with Crippen molar-refractivity contribution in [2.45, 2.75) is 17.3 Å². The smallest absolute Gasteiger partial charge is 0.236 e. The molecule has 0 spiro atoms. The van der Waals surface area contributed by atoms with Crippen molar-refractivity contribution in [2.75, 3.05) is 6.54 Å². The van der Waals surface area contributed by atoms with Crippen LogP contribution in [0, 0.1) is 0 Å². The van der Waals surface area contributed by atoms with Crippen LogP contribution in [0.5, 0.6) is 0 Å². The van der Waals surface area contributed by atoms with Gasteiger partial charge in [-0.2, -0.15) is 13.2 Å². The maximum absolute atomic E-state index is 12.8. The predicted molar refractivity (Wildman–Crippen MR) is 61.0 cm³/mol. The van der Waals surface area contributed by atoms with Gasteiger partial charge in [-0.05, 0) is 19.1 Å². The highest BCUT2D eigenvalue weighted by Crippen LogP contribution is 2.32. The van der Waals surface area contributed by atoms with Crippen molar-refractivity contribution in [3.8, 4) is 0 Å². The number of benzene rings is 1. The number of rotatable bonds is 3. The zero-order valence-electron chi connectivity index (χ0n) is 9.20. The second-order valence-corrected chi connectivity index (χ2v) is 5.77. The molecule has 0 saturated heterocycles. The van der Waals surface area contributed by atoms with Gasteiger partial charge in [0.25, 0.3) is 0 Å². The molecule has 17 heavy (non-hydrogen) atoms. The summed E-state index contributed by atoms with van der Waals surface area (Å²) < 4.78 is 53.8. The first-order valence-electron chi connectivity index (χ1n) is 4.76. The van der Waals surface area contributed by atoms with Crippen LogP contribution in [-0.2, 0) is 9.73 Å². The topological polar surface area (TPSA) is 29.4 Å². The Kier molecular flexibility index (Phi) is 3.98. The largest absolute Gasteiger partial charge is 0.483 e. The molecule has 94 valence electrons. The van der Waals surface area contributed by atoms with E-state index in [0.717, 1.165) is 12.1 Å². The number of alkyl halides is 3. The standard InChI is InChI=1S/C11H12F3NOS/c1-9(2)8-15-17(16,11(12,13)14)10-6-4-3-5-7-10/h3-7H,1,8H2,2H3. The quantitative estimate of drug-likeness (QED) is 0.766. The second kappa shape index (κ2) is 4.91.